The van der Waals surface area contributed by atoms with Crippen LogP contribution in [0, 0.1) is 0 Å². The Hall–Kier alpha value is 0.690. The van der Waals surface area contributed by atoms with E-state index in [2.05, 4.69) is 36.4 Å². The molecule has 0 bridgehead atoms. The third kappa shape index (κ3) is 4.05. The van der Waals surface area contributed by atoms with Crippen molar-refractivity contribution in [3.63, 3.8) is 0 Å². The molecule has 1 aliphatic rings. The molecule has 0 amide bonds. The van der Waals surface area contributed by atoms with Crippen LogP contribution in [0.4, 0.5) is 0 Å². The molecule has 0 aromatic heterocycles. The van der Waals surface area contributed by atoms with Crippen molar-refractivity contribution in [1.82, 2.24) is 0 Å². The van der Waals surface area contributed by atoms with Crippen LogP contribution in [0.1, 0.15) is 58.8 Å². The monoisotopic (exact) mass is 310 g/mol. The first-order chi connectivity index (χ1) is 6.70. The average molecular weight is 310 g/mol. The van der Waals surface area contributed by atoms with E-state index < -0.39 is 0 Å². The zero-order chi connectivity index (χ0) is 10.4. The third-order valence-corrected chi connectivity index (χ3v) is 4.64. The van der Waals surface area contributed by atoms with Gasteiger partial charge in [0.2, 0.25) is 0 Å². The predicted molar refractivity (Wildman–Crippen MR) is 70.2 cm³/mol. The van der Waals surface area contributed by atoms with Gasteiger partial charge in [0.15, 0.2) is 0 Å². The highest BCUT2D eigenvalue weighted by Gasteiger charge is 2.39. The van der Waals surface area contributed by atoms with E-state index in [1.807, 2.05) is 0 Å². The SMILES string of the molecule is CCCCCCC[C@@H]1C[C@](C)(CI)O1. The van der Waals surface area contributed by atoms with Crippen LogP contribution in [0.3, 0.4) is 0 Å². The van der Waals surface area contributed by atoms with Crippen LogP contribution >= 0.6 is 22.6 Å². The van der Waals surface area contributed by atoms with Crippen LogP contribution in [0.15, 0.2) is 0 Å². The quantitative estimate of drug-likeness (QED) is 0.386. The minimum Gasteiger partial charge on any atom is -0.371 e. The van der Waals surface area contributed by atoms with Gasteiger partial charge in [-0.1, -0.05) is 61.6 Å². The zero-order valence-electron chi connectivity index (χ0n) is 9.52. The Kier molecular flexibility index (Phi) is 5.75. The maximum atomic E-state index is 5.87. The molecule has 1 nitrogen and oxygen atoms in total. The zero-order valence-corrected chi connectivity index (χ0v) is 11.7. The molecule has 0 saturated carbocycles. The van der Waals surface area contributed by atoms with Crippen molar-refractivity contribution in [1.29, 1.82) is 0 Å². The van der Waals surface area contributed by atoms with Gasteiger partial charge in [0.1, 0.15) is 0 Å². The molecular formula is C12H23IO. The van der Waals surface area contributed by atoms with Crippen molar-refractivity contribution >= 4 is 22.6 Å². The van der Waals surface area contributed by atoms with Crippen LogP contribution in [0.25, 0.3) is 0 Å². The Labute approximate surface area is 102 Å². The van der Waals surface area contributed by atoms with Crippen molar-refractivity contribution in [3.05, 3.63) is 0 Å². The molecule has 1 aliphatic heterocycles. The number of hydrogen-bond donors (Lipinski definition) is 0. The molecule has 84 valence electrons. The summed E-state index contributed by atoms with van der Waals surface area (Å²) in [7, 11) is 0. The summed E-state index contributed by atoms with van der Waals surface area (Å²) in [5.41, 5.74) is 0.217. The minimum absolute atomic E-state index is 0.217. The normalized spacial score (nSPS) is 31.5. The van der Waals surface area contributed by atoms with Crippen LogP contribution in [-0.4, -0.2) is 16.1 Å². The molecule has 2 heteroatoms. The second kappa shape index (κ2) is 6.31. The number of ether oxygens (including phenoxy) is 1. The number of alkyl halides is 1. The molecule has 0 radical (unpaired) electrons. The summed E-state index contributed by atoms with van der Waals surface area (Å²) >= 11 is 2.42. The molecule has 1 fully saturated rings. The topological polar surface area (TPSA) is 9.23 Å². The average Bonchev–Trinajstić information content (AvgIpc) is 2.14. The fourth-order valence-electron chi connectivity index (χ4n) is 2.10. The molecule has 2 atom stereocenters. The van der Waals surface area contributed by atoms with Gasteiger partial charge in [-0.05, 0) is 13.3 Å². The Bertz CT molecular complexity index is 152. The molecule has 0 unspecified atom stereocenters. The van der Waals surface area contributed by atoms with Crippen molar-refractivity contribution in [2.75, 3.05) is 4.43 Å². The molecule has 0 aromatic carbocycles. The van der Waals surface area contributed by atoms with Gasteiger partial charge in [0.25, 0.3) is 0 Å². The maximum Gasteiger partial charge on any atom is 0.0771 e. The third-order valence-electron chi connectivity index (χ3n) is 3.02. The van der Waals surface area contributed by atoms with Crippen LogP contribution in [0.5, 0.6) is 0 Å². The first-order valence-corrected chi connectivity index (χ1v) is 7.46. The Balaban J connectivity index is 1.91. The summed E-state index contributed by atoms with van der Waals surface area (Å²) in [6.45, 7) is 4.49. The van der Waals surface area contributed by atoms with Gasteiger partial charge in [-0.2, -0.15) is 0 Å². The summed E-state index contributed by atoms with van der Waals surface area (Å²) in [4.78, 5) is 0. The van der Waals surface area contributed by atoms with E-state index in [4.69, 9.17) is 4.74 Å². The fourth-order valence-corrected chi connectivity index (χ4v) is 2.59. The summed E-state index contributed by atoms with van der Waals surface area (Å²) in [6, 6.07) is 0. The summed E-state index contributed by atoms with van der Waals surface area (Å²) < 4.78 is 7.01. The molecule has 14 heavy (non-hydrogen) atoms. The molecule has 1 heterocycles. The van der Waals surface area contributed by atoms with Gasteiger partial charge in [0, 0.05) is 10.8 Å². The number of rotatable bonds is 7. The van der Waals surface area contributed by atoms with Gasteiger partial charge < -0.3 is 4.74 Å². The highest BCUT2D eigenvalue weighted by Crippen LogP contribution is 2.36. The van der Waals surface area contributed by atoms with Crippen LogP contribution in [0.2, 0.25) is 0 Å². The summed E-state index contributed by atoms with van der Waals surface area (Å²) in [6.07, 6.45) is 10.1. The molecule has 0 aliphatic carbocycles. The molecule has 0 aromatic rings. The molecule has 1 rings (SSSR count). The van der Waals surface area contributed by atoms with Gasteiger partial charge in [0.05, 0.1) is 11.7 Å². The molecule has 1 saturated heterocycles. The largest absolute Gasteiger partial charge is 0.371 e. The minimum atomic E-state index is 0.217. The van der Waals surface area contributed by atoms with E-state index in [0.717, 1.165) is 4.43 Å². The van der Waals surface area contributed by atoms with Crippen molar-refractivity contribution in [2.45, 2.75) is 70.5 Å². The molecular weight excluding hydrogens is 287 g/mol. The lowest BCUT2D eigenvalue weighted by molar-refractivity contribution is -0.181. The van der Waals surface area contributed by atoms with Crippen molar-refractivity contribution in [3.8, 4) is 0 Å². The highest BCUT2D eigenvalue weighted by atomic mass is 127. The fraction of sp³-hybridized carbons (Fsp3) is 1.00. The Morgan fingerprint density at radius 1 is 1.29 bits per heavy atom. The predicted octanol–water partition coefficient (Wildman–Crippen LogP) is 4.33. The number of hydrogen-bond acceptors (Lipinski definition) is 1. The lowest BCUT2D eigenvalue weighted by Gasteiger charge is -2.44. The van der Waals surface area contributed by atoms with E-state index in [1.54, 1.807) is 0 Å². The standard InChI is InChI=1S/C12H23IO/c1-3-4-5-6-7-8-11-9-12(2,10-13)14-11/h11H,3-10H2,1-2H3/t11-,12-/m1/s1. The van der Waals surface area contributed by atoms with Gasteiger partial charge in [-0.25, -0.2) is 0 Å². The lowest BCUT2D eigenvalue weighted by Crippen LogP contribution is -2.49. The summed E-state index contributed by atoms with van der Waals surface area (Å²) in [5.74, 6) is 0. The van der Waals surface area contributed by atoms with Crippen LogP contribution < -0.4 is 0 Å². The highest BCUT2D eigenvalue weighted by molar-refractivity contribution is 14.1. The van der Waals surface area contributed by atoms with E-state index in [1.165, 1.54) is 44.9 Å². The lowest BCUT2D eigenvalue weighted by atomic mass is 9.90. The Morgan fingerprint density at radius 3 is 2.50 bits per heavy atom. The first kappa shape index (κ1) is 12.8. The van der Waals surface area contributed by atoms with Gasteiger partial charge >= 0.3 is 0 Å². The summed E-state index contributed by atoms with van der Waals surface area (Å²) in [5, 5.41) is 0. The van der Waals surface area contributed by atoms with Gasteiger partial charge in [-0.3, -0.25) is 0 Å². The second-order valence-electron chi connectivity index (χ2n) is 4.73. The molecule has 0 N–H and O–H groups in total. The van der Waals surface area contributed by atoms with E-state index >= 15 is 0 Å². The van der Waals surface area contributed by atoms with E-state index in [0.29, 0.717) is 6.10 Å². The van der Waals surface area contributed by atoms with Crippen molar-refractivity contribution in [2.24, 2.45) is 0 Å². The second-order valence-corrected chi connectivity index (χ2v) is 5.49. The van der Waals surface area contributed by atoms with Crippen molar-refractivity contribution < 1.29 is 4.74 Å². The van der Waals surface area contributed by atoms with Gasteiger partial charge in [-0.15, -0.1) is 0 Å². The first-order valence-electron chi connectivity index (χ1n) is 5.94. The van der Waals surface area contributed by atoms with E-state index in [-0.39, 0.29) is 5.60 Å². The maximum absolute atomic E-state index is 5.87. The molecule has 0 spiro atoms. The Morgan fingerprint density at radius 2 is 1.93 bits per heavy atom. The number of halogens is 1. The number of unbranched alkanes of at least 4 members (excludes halogenated alkanes) is 4. The smallest absolute Gasteiger partial charge is 0.0771 e. The van der Waals surface area contributed by atoms with E-state index in [9.17, 15) is 0 Å². The van der Waals surface area contributed by atoms with Crippen LogP contribution in [-0.2, 0) is 4.74 Å².